The largest absolute Gasteiger partial charge is 0.383 e. The minimum absolute atomic E-state index is 0.0422. The predicted octanol–water partition coefficient (Wildman–Crippen LogP) is -2.30. The zero-order valence-corrected chi connectivity index (χ0v) is 11.9. The van der Waals surface area contributed by atoms with E-state index >= 15 is 0 Å². The maximum atomic E-state index is 11.4. The first-order valence-corrected chi connectivity index (χ1v) is 7.18. The zero-order valence-electron chi connectivity index (χ0n) is 11.0. The molecule has 4 amide bonds. The molecule has 1 fully saturated rings. The smallest absolute Gasteiger partial charge is 0.258 e. The van der Waals surface area contributed by atoms with Crippen LogP contribution < -0.4 is 10.6 Å². The Morgan fingerprint density at radius 1 is 1.35 bits per heavy atom. The van der Waals surface area contributed by atoms with Crippen LogP contribution in [0.2, 0.25) is 0 Å². The molecule has 20 heavy (non-hydrogen) atoms. The fraction of sp³-hybridized carbons (Fsp3) is 0.636. The van der Waals surface area contributed by atoms with Crippen LogP contribution in [0, 0.1) is 0 Å². The minimum Gasteiger partial charge on any atom is -0.383 e. The summed E-state index contributed by atoms with van der Waals surface area (Å²) in [6, 6.07) is 0. The fourth-order valence-corrected chi connectivity index (χ4v) is 2.29. The lowest BCUT2D eigenvalue weighted by Gasteiger charge is -2.14. The third kappa shape index (κ3) is 4.82. The molecule has 1 saturated heterocycles. The molecule has 0 aromatic rings. The number of rotatable bonds is 7. The molecule has 0 bridgehead atoms. The minimum atomic E-state index is -1.26. The first kappa shape index (κ1) is 16.4. The van der Waals surface area contributed by atoms with Crippen molar-refractivity contribution in [3.8, 4) is 0 Å². The van der Waals surface area contributed by atoms with E-state index in [4.69, 9.17) is 0 Å². The Hall–Kier alpha value is -1.61. The van der Waals surface area contributed by atoms with Gasteiger partial charge in [-0.15, -0.1) is 11.8 Å². The van der Waals surface area contributed by atoms with Crippen molar-refractivity contribution in [3.63, 3.8) is 0 Å². The van der Waals surface area contributed by atoms with E-state index in [1.807, 2.05) is 0 Å². The van der Waals surface area contributed by atoms with Crippen LogP contribution in [0.15, 0.2) is 0 Å². The van der Waals surface area contributed by atoms with Gasteiger partial charge in [-0.3, -0.25) is 24.1 Å². The standard InChI is InChI=1S/C11H17N3O5S/c1-12-8(16)5-20-6-9(17)13-2-3-14-10(18)4-7(15)11(14)19/h7,15H,2-6H2,1H3,(H,12,16)(H,13,17)/t7-/m1/s1. The summed E-state index contributed by atoms with van der Waals surface area (Å²) in [4.78, 5) is 46.0. The van der Waals surface area contributed by atoms with E-state index in [-0.39, 0.29) is 42.8 Å². The summed E-state index contributed by atoms with van der Waals surface area (Å²) < 4.78 is 0. The van der Waals surface area contributed by atoms with Crippen LogP contribution in [0.1, 0.15) is 6.42 Å². The lowest BCUT2D eigenvalue weighted by atomic mass is 10.3. The molecule has 1 rings (SSSR count). The first-order chi connectivity index (χ1) is 9.45. The average Bonchev–Trinajstić information content (AvgIpc) is 2.64. The highest BCUT2D eigenvalue weighted by molar-refractivity contribution is 8.00. The van der Waals surface area contributed by atoms with Gasteiger partial charge in [0, 0.05) is 20.1 Å². The van der Waals surface area contributed by atoms with Gasteiger partial charge in [-0.05, 0) is 0 Å². The summed E-state index contributed by atoms with van der Waals surface area (Å²) in [7, 11) is 1.52. The zero-order chi connectivity index (χ0) is 15.1. The van der Waals surface area contributed by atoms with Crippen LogP contribution in [-0.2, 0) is 19.2 Å². The molecular weight excluding hydrogens is 286 g/mol. The van der Waals surface area contributed by atoms with Crippen LogP contribution >= 0.6 is 11.8 Å². The van der Waals surface area contributed by atoms with Crippen LogP contribution in [0.4, 0.5) is 0 Å². The van der Waals surface area contributed by atoms with Gasteiger partial charge >= 0.3 is 0 Å². The number of likely N-dealkylation sites (tertiary alicyclic amines) is 1. The Bertz CT molecular complexity index is 415. The molecule has 0 aromatic heterocycles. The summed E-state index contributed by atoms with van der Waals surface area (Å²) in [5.74, 6) is -1.19. The van der Waals surface area contributed by atoms with Crippen molar-refractivity contribution >= 4 is 35.4 Å². The molecule has 112 valence electrons. The lowest BCUT2D eigenvalue weighted by molar-refractivity contribution is -0.141. The van der Waals surface area contributed by atoms with Gasteiger partial charge in [-0.2, -0.15) is 0 Å². The Morgan fingerprint density at radius 2 is 2.00 bits per heavy atom. The topological polar surface area (TPSA) is 116 Å². The van der Waals surface area contributed by atoms with E-state index in [1.54, 1.807) is 0 Å². The van der Waals surface area contributed by atoms with Crippen LogP contribution in [-0.4, -0.2) is 71.4 Å². The number of nitrogens with one attached hydrogen (secondary N) is 2. The van der Waals surface area contributed by atoms with Crippen molar-refractivity contribution in [2.24, 2.45) is 0 Å². The van der Waals surface area contributed by atoms with E-state index in [9.17, 15) is 24.3 Å². The van der Waals surface area contributed by atoms with Gasteiger partial charge in [0.2, 0.25) is 17.7 Å². The molecule has 3 N–H and O–H groups in total. The lowest BCUT2D eigenvalue weighted by Crippen LogP contribution is -2.39. The molecule has 1 aliphatic heterocycles. The van der Waals surface area contributed by atoms with Crippen LogP contribution in [0.3, 0.4) is 0 Å². The number of carbonyl (C=O) groups is 4. The Labute approximate surface area is 120 Å². The highest BCUT2D eigenvalue weighted by atomic mass is 32.2. The number of aliphatic hydroxyl groups excluding tert-OH is 1. The van der Waals surface area contributed by atoms with Crippen molar-refractivity contribution in [1.82, 2.24) is 15.5 Å². The SMILES string of the molecule is CNC(=O)CSCC(=O)NCCN1C(=O)C[C@@H](O)C1=O. The van der Waals surface area contributed by atoms with E-state index in [1.165, 1.54) is 18.8 Å². The molecule has 1 heterocycles. The van der Waals surface area contributed by atoms with E-state index < -0.39 is 17.9 Å². The molecule has 0 spiro atoms. The van der Waals surface area contributed by atoms with E-state index in [0.717, 1.165) is 4.90 Å². The number of amides is 4. The number of aliphatic hydroxyl groups is 1. The third-order valence-corrected chi connectivity index (χ3v) is 3.56. The molecule has 1 atom stereocenters. The highest BCUT2D eigenvalue weighted by Gasteiger charge is 2.36. The molecular formula is C11H17N3O5S. The van der Waals surface area contributed by atoms with Crippen molar-refractivity contribution in [2.45, 2.75) is 12.5 Å². The molecule has 0 radical (unpaired) electrons. The molecule has 1 aliphatic rings. The predicted molar refractivity (Wildman–Crippen MR) is 71.7 cm³/mol. The second kappa shape index (κ2) is 7.85. The van der Waals surface area contributed by atoms with Crippen molar-refractivity contribution in [2.75, 3.05) is 31.6 Å². The van der Waals surface area contributed by atoms with Gasteiger partial charge in [-0.1, -0.05) is 0 Å². The average molecular weight is 303 g/mol. The maximum Gasteiger partial charge on any atom is 0.258 e. The summed E-state index contributed by atoms with van der Waals surface area (Å²) >= 11 is 1.17. The number of imide groups is 1. The number of carbonyl (C=O) groups excluding carboxylic acids is 4. The molecule has 9 heteroatoms. The summed E-state index contributed by atoms with van der Waals surface area (Å²) in [5.41, 5.74) is 0. The molecule has 8 nitrogen and oxygen atoms in total. The van der Waals surface area contributed by atoms with E-state index in [2.05, 4.69) is 10.6 Å². The quantitative estimate of drug-likeness (QED) is 0.456. The van der Waals surface area contributed by atoms with Gasteiger partial charge < -0.3 is 15.7 Å². The summed E-state index contributed by atoms with van der Waals surface area (Å²) in [6.07, 6.45) is -1.46. The fourth-order valence-electron chi connectivity index (χ4n) is 1.57. The van der Waals surface area contributed by atoms with Gasteiger partial charge in [0.15, 0.2) is 0 Å². The Kier molecular flexibility index (Phi) is 6.46. The second-order valence-corrected chi connectivity index (χ2v) is 5.11. The highest BCUT2D eigenvalue weighted by Crippen LogP contribution is 2.11. The Balaban J connectivity index is 2.17. The third-order valence-electron chi connectivity index (χ3n) is 2.62. The van der Waals surface area contributed by atoms with Crippen molar-refractivity contribution in [3.05, 3.63) is 0 Å². The number of nitrogens with zero attached hydrogens (tertiary/aromatic N) is 1. The van der Waals surface area contributed by atoms with Gasteiger partial charge in [-0.25, -0.2) is 0 Å². The first-order valence-electron chi connectivity index (χ1n) is 6.03. The number of hydrogen-bond donors (Lipinski definition) is 3. The van der Waals surface area contributed by atoms with Crippen molar-refractivity contribution in [1.29, 1.82) is 0 Å². The normalized spacial score (nSPS) is 18.3. The number of hydrogen-bond acceptors (Lipinski definition) is 6. The monoisotopic (exact) mass is 303 g/mol. The summed E-state index contributed by atoms with van der Waals surface area (Å²) in [6.45, 7) is 0.171. The molecule has 0 saturated carbocycles. The van der Waals surface area contributed by atoms with Gasteiger partial charge in [0.05, 0.1) is 17.9 Å². The second-order valence-electron chi connectivity index (χ2n) is 4.12. The Morgan fingerprint density at radius 3 is 2.55 bits per heavy atom. The van der Waals surface area contributed by atoms with Gasteiger partial charge in [0.1, 0.15) is 6.10 Å². The van der Waals surface area contributed by atoms with Crippen LogP contribution in [0.5, 0.6) is 0 Å². The molecule has 0 aromatic carbocycles. The number of thioether (sulfide) groups is 1. The molecule has 0 unspecified atom stereocenters. The van der Waals surface area contributed by atoms with Gasteiger partial charge in [0.25, 0.3) is 5.91 Å². The van der Waals surface area contributed by atoms with E-state index in [0.29, 0.717) is 0 Å². The summed E-state index contributed by atoms with van der Waals surface area (Å²) in [5, 5.41) is 14.2. The van der Waals surface area contributed by atoms with Crippen molar-refractivity contribution < 1.29 is 24.3 Å². The van der Waals surface area contributed by atoms with Crippen LogP contribution in [0.25, 0.3) is 0 Å². The maximum absolute atomic E-state index is 11.4. The molecule has 0 aliphatic carbocycles.